The molecule has 0 N–H and O–H groups in total. The summed E-state index contributed by atoms with van der Waals surface area (Å²) in [7, 11) is 0. The van der Waals surface area contributed by atoms with Crippen LogP contribution in [0.4, 0.5) is 23.2 Å². The van der Waals surface area contributed by atoms with Gasteiger partial charge in [-0.25, -0.2) is 4.39 Å². The summed E-state index contributed by atoms with van der Waals surface area (Å²) in [5.41, 5.74) is 0.279. The number of pyridine rings is 1. The number of rotatable bonds is 1. The molecule has 0 spiro atoms. The first-order chi connectivity index (χ1) is 10.9. The number of nitrogens with zero attached hydrogens (tertiary/aromatic N) is 2. The summed E-state index contributed by atoms with van der Waals surface area (Å²) in [5, 5.41) is 0. The zero-order chi connectivity index (χ0) is 16.6. The van der Waals surface area contributed by atoms with Gasteiger partial charge in [-0.2, -0.15) is 13.2 Å². The Bertz CT molecular complexity index is 741. The third-order valence-electron chi connectivity index (χ3n) is 3.71. The lowest BCUT2D eigenvalue weighted by Gasteiger charge is -2.29. The molecule has 0 aliphatic carbocycles. The Labute approximate surface area is 129 Å². The minimum Gasteiger partial charge on any atom is -0.308 e. The van der Waals surface area contributed by atoms with Gasteiger partial charge in [0.1, 0.15) is 11.5 Å². The number of aromatic nitrogens is 1. The minimum atomic E-state index is -4.55. The van der Waals surface area contributed by atoms with E-state index in [1.54, 1.807) is 6.07 Å². The molecule has 0 atom stereocenters. The van der Waals surface area contributed by atoms with Crippen LogP contribution in [0.2, 0.25) is 0 Å². The number of carbonyl (C=O) groups is 1. The van der Waals surface area contributed by atoms with Crippen LogP contribution in [0.3, 0.4) is 0 Å². The second-order valence-corrected chi connectivity index (χ2v) is 5.26. The summed E-state index contributed by atoms with van der Waals surface area (Å²) in [6, 6.07) is 6.07. The Morgan fingerprint density at radius 2 is 1.96 bits per heavy atom. The van der Waals surface area contributed by atoms with Crippen LogP contribution in [0, 0.1) is 5.82 Å². The number of benzene rings is 1. The summed E-state index contributed by atoms with van der Waals surface area (Å²) >= 11 is 0. The maximum Gasteiger partial charge on any atom is 0.433 e. The Morgan fingerprint density at radius 1 is 1.17 bits per heavy atom. The van der Waals surface area contributed by atoms with E-state index in [-0.39, 0.29) is 5.56 Å². The molecule has 0 radical (unpaired) electrons. The summed E-state index contributed by atoms with van der Waals surface area (Å²) < 4.78 is 51.0. The normalized spacial score (nSPS) is 14.5. The van der Waals surface area contributed by atoms with Crippen molar-refractivity contribution in [2.45, 2.75) is 19.0 Å². The molecule has 1 aliphatic rings. The standard InChI is InChI=1S/C16H12F4N2O/c17-12-5-3-10-2-1-7-22(13(10)8-12)15(23)11-4-6-14(21-9-11)16(18,19)20/h3-6,8-9H,1-2,7H2. The van der Waals surface area contributed by atoms with Crippen LogP contribution in [-0.2, 0) is 12.6 Å². The second-order valence-electron chi connectivity index (χ2n) is 5.26. The SMILES string of the molecule is O=C(c1ccc(C(F)(F)F)nc1)N1CCCc2ccc(F)cc21. The number of hydrogen-bond donors (Lipinski definition) is 0. The molecule has 0 fully saturated rings. The van der Waals surface area contributed by atoms with Crippen molar-refractivity contribution in [3.63, 3.8) is 0 Å². The molecule has 0 unspecified atom stereocenters. The van der Waals surface area contributed by atoms with Crippen molar-refractivity contribution in [1.82, 2.24) is 4.98 Å². The fourth-order valence-corrected chi connectivity index (χ4v) is 2.60. The van der Waals surface area contributed by atoms with Gasteiger partial charge in [-0.15, -0.1) is 0 Å². The third kappa shape index (κ3) is 3.04. The maximum absolute atomic E-state index is 13.4. The minimum absolute atomic E-state index is 0.0371. The molecule has 0 saturated heterocycles. The molecular formula is C16H12F4N2O. The Balaban J connectivity index is 1.91. The van der Waals surface area contributed by atoms with E-state index in [1.165, 1.54) is 17.0 Å². The van der Waals surface area contributed by atoms with Crippen LogP contribution in [0.25, 0.3) is 0 Å². The monoisotopic (exact) mass is 324 g/mol. The van der Waals surface area contributed by atoms with Gasteiger partial charge in [-0.1, -0.05) is 6.07 Å². The molecule has 1 aliphatic heterocycles. The quantitative estimate of drug-likeness (QED) is 0.747. The van der Waals surface area contributed by atoms with Gasteiger partial charge in [0.25, 0.3) is 5.91 Å². The summed E-state index contributed by atoms with van der Waals surface area (Å²) in [4.78, 5) is 17.2. The molecule has 3 nitrogen and oxygen atoms in total. The smallest absolute Gasteiger partial charge is 0.308 e. The van der Waals surface area contributed by atoms with Crippen LogP contribution in [0.1, 0.15) is 28.0 Å². The summed E-state index contributed by atoms with van der Waals surface area (Å²) in [6.07, 6.45) is -2.22. The molecule has 2 heterocycles. The van der Waals surface area contributed by atoms with Crippen molar-refractivity contribution in [1.29, 1.82) is 0 Å². The lowest BCUT2D eigenvalue weighted by atomic mass is 10.0. The van der Waals surface area contributed by atoms with Crippen LogP contribution < -0.4 is 4.90 Å². The first-order valence-corrected chi connectivity index (χ1v) is 7.00. The fourth-order valence-electron chi connectivity index (χ4n) is 2.60. The van der Waals surface area contributed by atoms with Crippen molar-refractivity contribution >= 4 is 11.6 Å². The third-order valence-corrected chi connectivity index (χ3v) is 3.71. The van der Waals surface area contributed by atoms with Gasteiger partial charge in [0.15, 0.2) is 0 Å². The van der Waals surface area contributed by atoms with Gasteiger partial charge in [0.2, 0.25) is 0 Å². The maximum atomic E-state index is 13.4. The topological polar surface area (TPSA) is 33.2 Å². The molecule has 120 valence electrons. The number of amides is 1. The van der Waals surface area contributed by atoms with Gasteiger partial charge in [-0.05, 0) is 42.7 Å². The fraction of sp³-hybridized carbons (Fsp3) is 0.250. The Morgan fingerprint density at radius 3 is 2.61 bits per heavy atom. The summed E-state index contributed by atoms with van der Waals surface area (Å²) in [5.74, 6) is -0.952. The van der Waals surface area contributed by atoms with Gasteiger partial charge in [0.05, 0.1) is 11.3 Å². The molecule has 1 aromatic heterocycles. The predicted octanol–water partition coefficient (Wildman–Crippen LogP) is 3.83. The number of fused-ring (bicyclic) bond motifs is 1. The number of aryl methyl sites for hydroxylation is 1. The molecule has 0 bridgehead atoms. The van der Waals surface area contributed by atoms with E-state index in [0.29, 0.717) is 18.7 Å². The van der Waals surface area contributed by atoms with Gasteiger partial charge < -0.3 is 4.90 Å². The van der Waals surface area contributed by atoms with E-state index in [9.17, 15) is 22.4 Å². The number of halogens is 4. The Hall–Kier alpha value is -2.44. The Kier molecular flexibility index (Phi) is 3.79. The first-order valence-electron chi connectivity index (χ1n) is 7.00. The highest BCUT2D eigenvalue weighted by molar-refractivity contribution is 6.06. The molecule has 0 saturated carbocycles. The van der Waals surface area contributed by atoms with E-state index in [0.717, 1.165) is 30.3 Å². The highest BCUT2D eigenvalue weighted by Gasteiger charge is 2.32. The predicted molar refractivity (Wildman–Crippen MR) is 75.6 cm³/mol. The van der Waals surface area contributed by atoms with Crippen LogP contribution in [0.15, 0.2) is 36.5 Å². The second kappa shape index (κ2) is 5.64. The van der Waals surface area contributed by atoms with Crippen LogP contribution >= 0.6 is 0 Å². The lowest BCUT2D eigenvalue weighted by Crippen LogP contribution is -2.35. The highest BCUT2D eigenvalue weighted by atomic mass is 19.4. The molecule has 2 aromatic rings. The number of hydrogen-bond acceptors (Lipinski definition) is 2. The van der Waals surface area contributed by atoms with E-state index in [1.807, 2.05) is 0 Å². The number of carbonyl (C=O) groups excluding carboxylic acids is 1. The van der Waals surface area contributed by atoms with Crippen molar-refractivity contribution in [3.8, 4) is 0 Å². The molecule has 23 heavy (non-hydrogen) atoms. The average Bonchev–Trinajstić information content (AvgIpc) is 2.53. The van der Waals surface area contributed by atoms with E-state index in [2.05, 4.69) is 4.98 Å². The van der Waals surface area contributed by atoms with Crippen LogP contribution in [-0.4, -0.2) is 17.4 Å². The van der Waals surface area contributed by atoms with Crippen molar-refractivity contribution in [3.05, 3.63) is 59.2 Å². The molecule has 7 heteroatoms. The van der Waals surface area contributed by atoms with E-state index in [4.69, 9.17) is 0 Å². The van der Waals surface area contributed by atoms with Gasteiger partial charge in [0, 0.05) is 12.7 Å². The zero-order valence-corrected chi connectivity index (χ0v) is 11.9. The number of anilines is 1. The van der Waals surface area contributed by atoms with Crippen molar-refractivity contribution < 1.29 is 22.4 Å². The molecule has 1 amide bonds. The zero-order valence-electron chi connectivity index (χ0n) is 11.9. The summed E-state index contributed by atoms with van der Waals surface area (Å²) in [6.45, 7) is 0.385. The largest absolute Gasteiger partial charge is 0.433 e. The molecular weight excluding hydrogens is 312 g/mol. The average molecular weight is 324 g/mol. The van der Waals surface area contributed by atoms with Gasteiger partial charge in [-0.3, -0.25) is 9.78 Å². The molecule has 1 aromatic carbocycles. The van der Waals surface area contributed by atoms with E-state index < -0.39 is 23.6 Å². The van der Waals surface area contributed by atoms with Gasteiger partial charge >= 0.3 is 6.18 Å². The first kappa shape index (κ1) is 15.5. The van der Waals surface area contributed by atoms with E-state index >= 15 is 0 Å². The molecule has 3 rings (SSSR count). The van der Waals surface area contributed by atoms with Crippen LogP contribution in [0.5, 0.6) is 0 Å². The number of alkyl halides is 3. The lowest BCUT2D eigenvalue weighted by molar-refractivity contribution is -0.141. The highest BCUT2D eigenvalue weighted by Crippen LogP contribution is 2.30. The van der Waals surface area contributed by atoms with Crippen molar-refractivity contribution in [2.24, 2.45) is 0 Å². The van der Waals surface area contributed by atoms with Crippen molar-refractivity contribution in [2.75, 3.05) is 11.4 Å².